The molecule has 1 aliphatic heterocycles. The van der Waals surface area contributed by atoms with Gasteiger partial charge in [-0.1, -0.05) is 0 Å². The number of benzene rings is 1. The minimum atomic E-state index is -0.980. The first-order chi connectivity index (χ1) is 15.3. The van der Waals surface area contributed by atoms with E-state index in [1.165, 1.54) is 21.1 Å². The van der Waals surface area contributed by atoms with Crippen LogP contribution in [0.15, 0.2) is 18.3 Å². The van der Waals surface area contributed by atoms with Crippen molar-refractivity contribution in [3.63, 3.8) is 0 Å². The van der Waals surface area contributed by atoms with Crippen LogP contribution in [0, 0.1) is 11.6 Å². The van der Waals surface area contributed by atoms with Gasteiger partial charge >= 0.3 is 6.03 Å². The third-order valence-electron chi connectivity index (χ3n) is 5.82. The molecule has 170 valence electrons. The molecule has 1 aromatic heterocycles. The molecule has 3 amide bonds. The van der Waals surface area contributed by atoms with Gasteiger partial charge in [0, 0.05) is 30.8 Å². The van der Waals surface area contributed by atoms with Crippen molar-refractivity contribution in [2.45, 2.75) is 45.3 Å². The maximum atomic E-state index is 15.2. The van der Waals surface area contributed by atoms with Crippen LogP contribution in [0.1, 0.15) is 37.4 Å². The summed E-state index contributed by atoms with van der Waals surface area (Å²) in [5.74, 6) is -2.61. The Morgan fingerprint density at radius 3 is 2.38 bits per heavy atom. The first-order valence-electron chi connectivity index (χ1n) is 10.3. The van der Waals surface area contributed by atoms with Crippen molar-refractivity contribution in [3.05, 3.63) is 41.2 Å². The second-order valence-corrected chi connectivity index (χ2v) is 7.80. The van der Waals surface area contributed by atoms with Gasteiger partial charge in [-0.3, -0.25) is 19.6 Å². The summed E-state index contributed by atoms with van der Waals surface area (Å²) in [5, 5.41) is 2.68. The normalized spacial score (nSPS) is 15.8. The summed E-state index contributed by atoms with van der Waals surface area (Å²) in [5.41, 5.74) is 1.35. The highest BCUT2D eigenvalue weighted by Gasteiger charge is 2.41. The summed E-state index contributed by atoms with van der Waals surface area (Å²) >= 11 is 0. The lowest BCUT2D eigenvalue weighted by atomic mass is 9.90. The van der Waals surface area contributed by atoms with Crippen LogP contribution >= 0.6 is 0 Å². The Bertz CT molecular complexity index is 1050. The molecular weight excluding hydrogens is 422 g/mol. The molecule has 2 aromatic rings. The van der Waals surface area contributed by atoms with Crippen LogP contribution in [0.5, 0.6) is 11.5 Å². The van der Waals surface area contributed by atoms with E-state index in [-0.39, 0.29) is 36.5 Å². The number of hydrogen-bond acceptors (Lipinski definition) is 5. The summed E-state index contributed by atoms with van der Waals surface area (Å²) in [7, 11) is 2.52. The Morgan fingerprint density at radius 2 is 1.84 bits per heavy atom. The SMILES string of the molecule is COc1cc(OC)c(F)c(N2Cc3cnc(CNC(C)=O)cc3N(C3CCC3)C2=O)c1F. The van der Waals surface area contributed by atoms with Gasteiger partial charge in [0.2, 0.25) is 5.91 Å². The van der Waals surface area contributed by atoms with Crippen molar-refractivity contribution < 1.29 is 27.8 Å². The number of ether oxygens (including phenoxy) is 2. The molecule has 0 radical (unpaired) electrons. The van der Waals surface area contributed by atoms with Crippen molar-refractivity contribution in [1.82, 2.24) is 10.3 Å². The number of amides is 3. The summed E-state index contributed by atoms with van der Waals surface area (Å²) in [6, 6.07) is 2.24. The maximum Gasteiger partial charge on any atom is 0.329 e. The molecule has 1 saturated carbocycles. The number of carbonyl (C=O) groups excluding carboxylic acids is 2. The second kappa shape index (κ2) is 8.60. The van der Waals surface area contributed by atoms with Gasteiger partial charge in [-0.15, -0.1) is 0 Å². The molecule has 1 fully saturated rings. The third kappa shape index (κ3) is 3.69. The number of rotatable bonds is 6. The van der Waals surface area contributed by atoms with Crippen LogP contribution in [-0.2, 0) is 17.9 Å². The number of hydrogen-bond donors (Lipinski definition) is 1. The molecule has 0 spiro atoms. The average Bonchev–Trinajstić information content (AvgIpc) is 2.73. The van der Waals surface area contributed by atoms with Gasteiger partial charge in [0.1, 0.15) is 5.69 Å². The Morgan fingerprint density at radius 1 is 1.19 bits per heavy atom. The van der Waals surface area contributed by atoms with Crippen LogP contribution in [0.4, 0.5) is 25.0 Å². The number of fused-ring (bicyclic) bond motifs is 1. The zero-order valence-electron chi connectivity index (χ0n) is 18.1. The number of halogens is 2. The van der Waals surface area contributed by atoms with Crippen molar-refractivity contribution in [2.24, 2.45) is 0 Å². The fourth-order valence-corrected chi connectivity index (χ4v) is 3.93. The summed E-state index contributed by atoms with van der Waals surface area (Å²) < 4.78 is 40.4. The molecule has 0 unspecified atom stereocenters. The smallest absolute Gasteiger partial charge is 0.329 e. The Labute approximate surface area is 184 Å². The molecule has 1 aromatic carbocycles. The summed E-state index contributed by atoms with van der Waals surface area (Å²) in [4.78, 5) is 31.8. The lowest BCUT2D eigenvalue weighted by molar-refractivity contribution is -0.119. The van der Waals surface area contributed by atoms with E-state index in [4.69, 9.17) is 9.47 Å². The fourth-order valence-electron chi connectivity index (χ4n) is 3.93. The lowest BCUT2D eigenvalue weighted by Crippen LogP contribution is -2.54. The molecule has 2 heterocycles. The van der Waals surface area contributed by atoms with Gasteiger partial charge in [-0.2, -0.15) is 0 Å². The van der Waals surface area contributed by atoms with Gasteiger partial charge in [0.05, 0.1) is 38.7 Å². The number of nitrogens with zero attached hydrogens (tertiary/aromatic N) is 3. The predicted octanol–water partition coefficient (Wildman–Crippen LogP) is 3.51. The predicted molar refractivity (Wildman–Crippen MR) is 113 cm³/mol. The van der Waals surface area contributed by atoms with Gasteiger partial charge < -0.3 is 14.8 Å². The number of carbonyl (C=O) groups is 2. The van der Waals surface area contributed by atoms with E-state index < -0.39 is 23.4 Å². The van der Waals surface area contributed by atoms with E-state index in [2.05, 4.69) is 10.3 Å². The van der Waals surface area contributed by atoms with E-state index >= 15 is 8.78 Å². The molecule has 0 bridgehead atoms. The Balaban J connectivity index is 1.80. The number of nitrogens with one attached hydrogen (secondary N) is 1. The molecule has 10 heteroatoms. The summed E-state index contributed by atoms with van der Waals surface area (Å²) in [6.07, 6.45) is 4.11. The van der Waals surface area contributed by atoms with E-state index in [9.17, 15) is 9.59 Å². The van der Waals surface area contributed by atoms with Crippen LogP contribution in [0.25, 0.3) is 0 Å². The van der Waals surface area contributed by atoms with Gasteiger partial charge in [-0.25, -0.2) is 13.6 Å². The first kappa shape index (κ1) is 21.8. The molecule has 0 atom stereocenters. The molecule has 2 aliphatic rings. The van der Waals surface area contributed by atoms with Crippen LogP contribution in [-0.4, -0.2) is 37.2 Å². The maximum absolute atomic E-state index is 15.2. The van der Waals surface area contributed by atoms with E-state index in [1.807, 2.05) is 0 Å². The topological polar surface area (TPSA) is 84.0 Å². The van der Waals surface area contributed by atoms with E-state index in [1.54, 1.807) is 17.2 Å². The number of pyridine rings is 1. The highest BCUT2D eigenvalue weighted by atomic mass is 19.1. The van der Waals surface area contributed by atoms with Crippen molar-refractivity contribution >= 4 is 23.3 Å². The number of aromatic nitrogens is 1. The number of anilines is 2. The zero-order chi connectivity index (χ0) is 23.0. The monoisotopic (exact) mass is 446 g/mol. The molecule has 8 nitrogen and oxygen atoms in total. The van der Waals surface area contributed by atoms with Gasteiger partial charge in [0.15, 0.2) is 23.1 Å². The van der Waals surface area contributed by atoms with Crippen molar-refractivity contribution in [1.29, 1.82) is 0 Å². The van der Waals surface area contributed by atoms with Crippen LogP contribution in [0.3, 0.4) is 0 Å². The standard InChI is InChI=1S/C22H24F2N4O4/c1-12(29)25-10-14-7-16-13(9-26-14)11-27(22(30)28(16)15-5-4-6-15)21-19(23)17(31-2)8-18(32-3)20(21)24/h7-9,15H,4-6,10-11H2,1-3H3,(H,25,29). The molecular formula is C22H24F2N4O4. The largest absolute Gasteiger partial charge is 0.493 e. The lowest BCUT2D eigenvalue weighted by Gasteiger charge is -2.44. The average molecular weight is 446 g/mol. The van der Waals surface area contributed by atoms with Crippen LogP contribution < -0.4 is 24.6 Å². The minimum Gasteiger partial charge on any atom is -0.493 e. The second-order valence-electron chi connectivity index (χ2n) is 7.80. The molecule has 32 heavy (non-hydrogen) atoms. The minimum absolute atomic E-state index is 0.0744. The van der Waals surface area contributed by atoms with E-state index in [0.717, 1.165) is 30.2 Å². The zero-order valence-corrected chi connectivity index (χ0v) is 18.1. The Kier molecular flexibility index (Phi) is 5.86. The number of urea groups is 1. The van der Waals surface area contributed by atoms with Crippen LogP contribution in [0.2, 0.25) is 0 Å². The highest BCUT2D eigenvalue weighted by Crippen LogP contribution is 2.42. The summed E-state index contributed by atoms with van der Waals surface area (Å²) in [6.45, 7) is 1.55. The highest BCUT2D eigenvalue weighted by molar-refractivity contribution is 6.07. The van der Waals surface area contributed by atoms with Crippen molar-refractivity contribution in [2.75, 3.05) is 24.0 Å². The van der Waals surface area contributed by atoms with Gasteiger partial charge in [0.25, 0.3) is 0 Å². The Hall–Kier alpha value is -3.43. The third-order valence-corrected chi connectivity index (χ3v) is 5.82. The van der Waals surface area contributed by atoms with E-state index in [0.29, 0.717) is 16.9 Å². The first-order valence-corrected chi connectivity index (χ1v) is 10.3. The fraction of sp³-hybridized carbons (Fsp3) is 0.409. The molecule has 4 rings (SSSR count). The number of methoxy groups -OCH3 is 2. The molecule has 1 aliphatic carbocycles. The quantitative estimate of drug-likeness (QED) is 0.734. The van der Waals surface area contributed by atoms with Gasteiger partial charge in [-0.05, 0) is 25.3 Å². The molecule has 1 N–H and O–H groups in total. The molecule has 0 saturated heterocycles. The van der Waals surface area contributed by atoms with Crippen molar-refractivity contribution in [3.8, 4) is 11.5 Å².